The maximum Gasteiger partial charge on any atom is 0.226 e. The fraction of sp³-hybridized carbons (Fsp3) is 0.765. The summed E-state index contributed by atoms with van der Waals surface area (Å²) >= 11 is 0. The summed E-state index contributed by atoms with van der Waals surface area (Å²) in [6.07, 6.45) is 23.3. The largest absolute Gasteiger partial charge is 0.356 e. The van der Waals surface area contributed by atoms with Gasteiger partial charge in [-0.05, 0) is 25.8 Å². The third-order valence-electron chi connectivity index (χ3n) is 8.51. The van der Waals surface area contributed by atoms with Gasteiger partial charge in [-0.1, -0.05) is 115 Å². The number of nitrogens with one attached hydrogen (secondary N) is 1. The van der Waals surface area contributed by atoms with Crippen molar-refractivity contribution in [2.24, 2.45) is 0 Å². The Morgan fingerprint density at radius 1 is 0.846 bits per heavy atom. The zero-order chi connectivity index (χ0) is 28.2. The number of likely N-dealkylation sites (tertiary alicyclic amines) is 1. The smallest absolute Gasteiger partial charge is 0.226 e. The molecule has 0 bridgehead atoms. The number of para-hydroxylation sites is 1. The Morgan fingerprint density at radius 3 is 1.95 bits per heavy atom. The minimum atomic E-state index is 0.185. The normalized spacial score (nSPS) is 15.1. The lowest BCUT2D eigenvalue weighted by molar-refractivity contribution is -0.129. The summed E-state index contributed by atoms with van der Waals surface area (Å²) in [6.45, 7) is 7.59. The second kappa shape index (κ2) is 20.1. The molecule has 1 aliphatic heterocycles. The standard InChI is InChI=1S/C34H59N3O2/c1-4-5-6-7-8-9-10-11-12-13-14-15-16-17-18-25-33(38)35-27-22-29-37(3,30-36-28-21-26-34(36)39)32-24-20-19-23-31(32)2/h19-20,23-24H,4-18,21-22,25-30H2,1-3H3/p+1. The van der Waals surface area contributed by atoms with Crippen LogP contribution in [0.3, 0.4) is 0 Å². The summed E-state index contributed by atoms with van der Waals surface area (Å²) in [7, 11) is 2.23. The molecule has 5 nitrogen and oxygen atoms in total. The molecule has 1 atom stereocenters. The summed E-state index contributed by atoms with van der Waals surface area (Å²) in [5, 5.41) is 3.14. The number of unbranched alkanes of at least 4 members (excludes halogenated alkanes) is 14. The number of carbonyl (C=O) groups is 2. The van der Waals surface area contributed by atoms with Crippen LogP contribution in [-0.2, 0) is 9.59 Å². The highest BCUT2D eigenvalue weighted by Gasteiger charge is 2.33. The molecule has 0 spiro atoms. The van der Waals surface area contributed by atoms with Crippen LogP contribution in [0.25, 0.3) is 0 Å². The van der Waals surface area contributed by atoms with E-state index in [1.807, 2.05) is 4.90 Å². The molecule has 39 heavy (non-hydrogen) atoms. The summed E-state index contributed by atoms with van der Waals surface area (Å²) in [6, 6.07) is 8.49. The summed E-state index contributed by atoms with van der Waals surface area (Å²) in [4.78, 5) is 26.7. The van der Waals surface area contributed by atoms with Crippen LogP contribution in [0, 0.1) is 6.92 Å². The molecule has 222 valence electrons. The van der Waals surface area contributed by atoms with E-state index < -0.39 is 0 Å². The van der Waals surface area contributed by atoms with E-state index in [-0.39, 0.29) is 11.8 Å². The van der Waals surface area contributed by atoms with Crippen molar-refractivity contribution < 1.29 is 9.59 Å². The van der Waals surface area contributed by atoms with Gasteiger partial charge in [-0.15, -0.1) is 0 Å². The van der Waals surface area contributed by atoms with Gasteiger partial charge in [-0.25, -0.2) is 0 Å². The average molecular weight is 543 g/mol. The molecule has 0 aromatic heterocycles. The molecule has 1 aromatic rings. The SMILES string of the molecule is CCCCCCCCCCCCCCCCCC(=O)NCCC[N+](C)(CN1CCCC1=O)c1ccccc1C. The van der Waals surface area contributed by atoms with Crippen LogP contribution in [0.2, 0.25) is 0 Å². The van der Waals surface area contributed by atoms with E-state index >= 15 is 0 Å². The van der Waals surface area contributed by atoms with Gasteiger partial charge in [-0.3, -0.25) is 19.0 Å². The zero-order valence-corrected chi connectivity index (χ0v) is 25.8. The predicted molar refractivity (Wildman–Crippen MR) is 167 cm³/mol. The van der Waals surface area contributed by atoms with Crippen molar-refractivity contribution in [3.63, 3.8) is 0 Å². The highest BCUT2D eigenvalue weighted by Crippen LogP contribution is 2.27. The van der Waals surface area contributed by atoms with Gasteiger partial charge in [-0.2, -0.15) is 0 Å². The first-order valence-corrected chi connectivity index (χ1v) is 16.4. The molecule has 5 heteroatoms. The molecule has 1 fully saturated rings. The van der Waals surface area contributed by atoms with Gasteiger partial charge in [0.05, 0.1) is 13.6 Å². The lowest BCUT2D eigenvalue weighted by Crippen LogP contribution is -2.54. The first-order chi connectivity index (χ1) is 19.0. The first kappa shape index (κ1) is 33.3. The number of hydrogen-bond acceptors (Lipinski definition) is 2. The fourth-order valence-corrected chi connectivity index (χ4v) is 6.07. The number of rotatable bonds is 23. The minimum absolute atomic E-state index is 0.185. The molecule has 0 aliphatic carbocycles. The molecular weight excluding hydrogens is 482 g/mol. The van der Waals surface area contributed by atoms with Gasteiger partial charge in [0.2, 0.25) is 11.8 Å². The van der Waals surface area contributed by atoms with Crippen molar-refractivity contribution >= 4 is 17.5 Å². The molecule has 1 saturated heterocycles. The first-order valence-electron chi connectivity index (χ1n) is 16.4. The monoisotopic (exact) mass is 542 g/mol. The Balaban J connectivity index is 1.51. The van der Waals surface area contributed by atoms with Gasteiger partial charge in [0.1, 0.15) is 5.69 Å². The Kier molecular flexibility index (Phi) is 17.1. The van der Waals surface area contributed by atoms with Crippen LogP contribution in [0.1, 0.15) is 134 Å². The molecule has 1 heterocycles. The number of amides is 2. The van der Waals surface area contributed by atoms with E-state index in [2.05, 4.69) is 50.5 Å². The lowest BCUT2D eigenvalue weighted by Gasteiger charge is -2.38. The minimum Gasteiger partial charge on any atom is -0.356 e. The predicted octanol–water partition coefficient (Wildman–Crippen LogP) is 8.28. The van der Waals surface area contributed by atoms with E-state index in [1.54, 1.807) is 0 Å². The van der Waals surface area contributed by atoms with Crippen LogP contribution in [0.15, 0.2) is 24.3 Å². The van der Waals surface area contributed by atoms with Crippen molar-refractivity contribution in [3.05, 3.63) is 29.8 Å². The molecule has 1 aromatic carbocycles. The Morgan fingerprint density at radius 2 is 1.41 bits per heavy atom. The highest BCUT2D eigenvalue weighted by molar-refractivity contribution is 5.78. The number of nitrogens with zero attached hydrogens (tertiary/aromatic N) is 2. The molecule has 1 N–H and O–H groups in total. The molecule has 1 unspecified atom stereocenters. The lowest BCUT2D eigenvalue weighted by atomic mass is 10.0. The van der Waals surface area contributed by atoms with Crippen LogP contribution >= 0.6 is 0 Å². The topological polar surface area (TPSA) is 49.4 Å². The maximum atomic E-state index is 12.4. The second-order valence-corrected chi connectivity index (χ2v) is 12.2. The number of hydrogen-bond donors (Lipinski definition) is 1. The number of aryl methyl sites for hydroxylation is 1. The molecule has 2 rings (SSSR count). The Labute approximate surface area is 240 Å². The number of carbonyl (C=O) groups excluding carboxylic acids is 2. The van der Waals surface area contributed by atoms with Gasteiger partial charge in [0.15, 0.2) is 6.67 Å². The van der Waals surface area contributed by atoms with E-state index in [0.29, 0.717) is 30.5 Å². The Hall–Kier alpha value is -1.88. The number of quaternary nitrogens is 1. The molecule has 0 saturated carbocycles. The van der Waals surface area contributed by atoms with Gasteiger partial charge in [0.25, 0.3) is 0 Å². The maximum absolute atomic E-state index is 12.4. The van der Waals surface area contributed by atoms with E-state index in [4.69, 9.17) is 0 Å². The summed E-state index contributed by atoms with van der Waals surface area (Å²) in [5.74, 6) is 0.453. The Bertz CT molecular complexity index is 811. The third kappa shape index (κ3) is 13.8. The molecule has 0 radical (unpaired) electrons. The number of benzene rings is 1. The highest BCUT2D eigenvalue weighted by atomic mass is 16.2. The summed E-state index contributed by atoms with van der Waals surface area (Å²) in [5.41, 5.74) is 2.52. The van der Waals surface area contributed by atoms with Gasteiger partial charge >= 0.3 is 0 Å². The molecule has 1 aliphatic rings. The summed E-state index contributed by atoms with van der Waals surface area (Å²) < 4.78 is 0.702. The van der Waals surface area contributed by atoms with E-state index in [9.17, 15) is 9.59 Å². The van der Waals surface area contributed by atoms with Crippen molar-refractivity contribution in [1.82, 2.24) is 14.7 Å². The van der Waals surface area contributed by atoms with Gasteiger partial charge in [0, 0.05) is 37.9 Å². The van der Waals surface area contributed by atoms with Crippen molar-refractivity contribution in [2.75, 3.05) is 33.4 Å². The molecule has 2 amide bonds. The van der Waals surface area contributed by atoms with Crippen LogP contribution in [-0.4, -0.2) is 50.1 Å². The van der Waals surface area contributed by atoms with Crippen molar-refractivity contribution in [2.45, 2.75) is 136 Å². The fourth-order valence-electron chi connectivity index (χ4n) is 6.07. The van der Waals surface area contributed by atoms with Gasteiger partial charge < -0.3 is 5.32 Å². The van der Waals surface area contributed by atoms with Crippen LogP contribution in [0.4, 0.5) is 5.69 Å². The zero-order valence-electron chi connectivity index (χ0n) is 25.8. The third-order valence-corrected chi connectivity index (χ3v) is 8.51. The van der Waals surface area contributed by atoms with Crippen LogP contribution in [0.5, 0.6) is 0 Å². The van der Waals surface area contributed by atoms with E-state index in [0.717, 1.165) is 38.8 Å². The van der Waals surface area contributed by atoms with Crippen LogP contribution < -0.4 is 9.80 Å². The van der Waals surface area contributed by atoms with Crippen molar-refractivity contribution in [1.29, 1.82) is 0 Å². The van der Waals surface area contributed by atoms with E-state index in [1.165, 1.54) is 94.7 Å². The molecular formula is C34H60N3O2+. The quantitative estimate of drug-likeness (QED) is 0.112. The average Bonchev–Trinajstić information content (AvgIpc) is 3.32. The second-order valence-electron chi connectivity index (χ2n) is 12.2. The van der Waals surface area contributed by atoms with Crippen molar-refractivity contribution in [3.8, 4) is 0 Å².